The van der Waals surface area contributed by atoms with Gasteiger partial charge < -0.3 is 4.74 Å². The standard InChI is InChI=1S/C14H14ClN3O2/c1-4-20-13(19)11-12(15)18-7-9(14(2,3)8-16)5-6-10(18)17-11/h5-7H,4H2,1-3H3. The zero-order valence-electron chi connectivity index (χ0n) is 11.5. The highest BCUT2D eigenvalue weighted by atomic mass is 35.5. The van der Waals surface area contributed by atoms with Gasteiger partial charge in [0.05, 0.1) is 18.1 Å². The van der Waals surface area contributed by atoms with Crippen LogP contribution in [0.5, 0.6) is 0 Å². The molecule has 0 saturated heterocycles. The fourth-order valence-corrected chi connectivity index (χ4v) is 2.03. The van der Waals surface area contributed by atoms with Gasteiger partial charge in [-0.25, -0.2) is 9.78 Å². The first-order valence-electron chi connectivity index (χ1n) is 6.17. The molecule has 5 nitrogen and oxygen atoms in total. The molecular weight excluding hydrogens is 278 g/mol. The van der Waals surface area contributed by atoms with Crippen LogP contribution in [0.15, 0.2) is 18.3 Å². The molecule has 0 aliphatic rings. The van der Waals surface area contributed by atoms with Gasteiger partial charge in [-0.3, -0.25) is 4.40 Å². The van der Waals surface area contributed by atoms with Crippen LogP contribution in [0.4, 0.5) is 0 Å². The molecule has 0 aromatic carbocycles. The molecule has 0 saturated carbocycles. The monoisotopic (exact) mass is 291 g/mol. The summed E-state index contributed by atoms with van der Waals surface area (Å²) in [5.41, 5.74) is 0.768. The molecule has 2 heterocycles. The zero-order chi connectivity index (χ0) is 14.9. The zero-order valence-corrected chi connectivity index (χ0v) is 12.2. The lowest BCUT2D eigenvalue weighted by molar-refractivity contribution is 0.0520. The molecule has 104 valence electrons. The van der Waals surface area contributed by atoms with Crippen LogP contribution in [0.2, 0.25) is 5.15 Å². The van der Waals surface area contributed by atoms with E-state index in [1.807, 2.05) is 13.8 Å². The van der Waals surface area contributed by atoms with Crippen LogP contribution < -0.4 is 0 Å². The van der Waals surface area contributed by atoms with Gasteiger partial charge in [0.1, 0.15) is 10.8 Å². The fraction of sp³-hybridized carbons (Fsp3) is 0.357. The molecule has 0 fully saturated rings. The van der Waals surface area contributed by atoms with Crippen molar-refractivity contribution >= 4 is 23.2 Å². The number of nitriles is 1. The summed E-state index contributed by atoms with van der Waals surface area (Å²) in [6.45, 7) is 5.60. The summed E-state index contributed by atoms with van der Waals surface area (Å²) in [6, 6.07) is 5.75. The minimum Gasteiger partial charge on any atom is -0.461 e. The molecule has 20 heavy (non-hydrogen) atoms. The third-order valence-electron chi connectivity index (χ3n) is 3.03. The molecule has 0 spiro atoms. The quantitative estimate of drug-likeness (QED) is 0.815. The van der Waals surface area contributed by atoms with Crippen molar-refractivity contribution in [1.82, 2.24) is 9.38 Å². The molecule has 0 aliphatic carbocycles. The molecule has 0 radical (unpaired) electrons. The number of hydrogen-bond acceptors (Lipinski definition) is 4. The predicted molar refractivity (Wildman–Crippen MR) is 74.8 cm³/mol. The number of ether oxygens (including phenoxy) is 1. The summed E-state index contributed by atoms with van der Waals surface area (Å²) in [6.07, 6.45) is 1.72. The smallest absolute Gasteiger partial charge is 0.360 e. The summed E-state index contributed by atoms with van der Waals surface area (Å²) >= 11 is 6.17. The molecule has 2 aromatic rings. The second kappa shape index (κ2) is 5.14. The topological polar surface area (TPSA) is 67.4 Å². The van der Waals surface area contributed by atoms with Gasteiger partial charge in [-0.1, -0.05) is 17.7 Å². The molecular formula is C14H14ClN3O2. The van der Waals surface area contributed by atoms with Crippen LogP contribution in [0.1, 0.15) is 36.8 Å². The Bertz CT molecular complexity index is 713. The second-order valence-electron chi connectivity index (χ2n) is 4.85. The van der Waals surface area contributed by atoms with Gasteiger partial charge in [0.2, 0.25) is 0 Å². The van der Waals surface area contributed by atoms with Gasteiger partial charge in [-0.2, -0.15) is 5.26 Å². The predicted octanol–water partition coefficient (Wildman–Crippen LogP) is 2.97. The van der Waals surface area contributed by atoms with Crippen LogP contribution in [-0.2, 0) is 10.2 Å². The van der Waals surface area contributed by atoms with E-state index in [0.29, 0.717) is 5.65 Å². The number of fused-ring (bicyclic) bond motifs is 1. The Morgan fingerprint density at radius 2 is 2.25 bits per heavy atom. The largest absolute Gasteiger partial charge is 0.461 e. The maximum atomic E-state index is 11.7. The average molecular weight is 292 g/mol. The molecule has 6 heteroatoms. The maximum absolute atomic E-state index is 11.7. The van der Waals surface area contributed by atoms with Gasteiger partial charge in [0, 0.05) is 6.20 Å². The minimum atomic E-state index is -0.647. The van der Waals surface area contributed by atoms with Crippen LogP contribution >= 0.6 is 11.6 Å². The number of hydrogen-bond donors (Lipinski definition) is 0. The van der Waals surface area contributed by atoms with Gasteiger partial charge in [0.15, 0.2) is 5.69 Å². The SMILES string of the molecule is CCOC(=O)c1nc2ccc(C(C)(C)C#N)cn2c1Cl. The third-order valence-corrected chi connectivity index (χ3v) is 3.39. The normalized spacial score (nSPS) is 11.3. The molecule has 0 atom stereocenters. The first kappa shape index (κ1) is 14.4. The van der Waals surface area contributed by atoms with Gasteiger partial charge in [0.25, 0.3) is 0 Å². The van der Waals surface area contributed by atoms with E-state index in [9.17, 15) is 10.1 Å². The molecule has 0 N–H and O–H groups in total. The van der Waals surface area contributed by atoms with E-state index in [4.69, 9.17) is 16.3 Å². The molecule has 2 rings (SSSR count). The Balaban J connectivity index is 2.57. The van der Waals surface area contributed by atoms with Crippen molar-refractivity contribution in [2.45, 2.75) is 26.2 Å². The molecule has 2 aromatic heterocycles. The summed E-state index contributed by atoms with van der Waals surface area (Å²) < 4.78 is 6.49. The third kappa shape index (κ3) is 2.35. The van der Waals surface area contributed by atoms with E-state index < -0.39 is 11.4 Å². The van der Waals surface area contributed by atoms with Crippen LogP contribution in [0.25, 0.3) is 5.65 Å². The van der Waals surface area contributed by atoms with E-state index in [0.717, 1.165) is 5.56 Å². The van der Waals surface area contributed by atoms with Crippen molar-refractivity contribution in [2.75, 3.05) is 6.61 Å². The maximum Gasteiger partial charge on any atom is 0.360 e. The van der Waals surface area contributed by atoms with E-state index in [1.54, 1.807) is 29.7 Å². The van der Waals surface area contributed by atoms with Gasteiger partial charge in [-0.05, 0) is 32.4 Å². The Hall–Kier alpha value is -2.06. The highest BCUT2D eigenvalue weighted by Gasteiger charge is 2.23. The average Bonchev–Trinajstić information content (AvgIpc) is 2.76. The number of aromatic nitrogens is 2. The van der Waals surface area contributed by atoms with Crippen LogP contribution in [0, 0.1) is 11.3 Å². The number of esters is 1. The Morgan fingerprint density at radius 1 is 1.55 bits per heavy atom. The lowest BCUT2D eigenvalue weighted by atomic mass is 9.88. The van der Waals surface area contributed by atoms with E-state index in [2.05, 4.69) is 11.1 Å². The lowest BCUT2D eigenvalue weighted by Gasteiger charge is -2.15. The van der Waals surface area contributed by atoms with Crippen molar-refractivity contribution in [3.8, 4) is 6.07 Å². The first-order valence-corrected chi connectivity index (χ1v) is 6.55. The summed E-state index contributed by atoms with van der Waals surface area (Å²) in [5.74, 6) is -0.553. The van der Waals surface area contributed by atoms with Gasteiger partial charge >= 0.3 is 5.97 Å². The highest BCUT2D eigenvalue weighted by molar-refractivity contribution is 6.32. The van der Waals surface area contributed by atoms with Crippen LogP contribution in [-0.4, -0.2) is 22.0 Å². The summed E-state index contributed by atoms with van der Waals surface area (Å²) in [7, 11) is 0. The number of rotatable bonds is 3. The van der Waals surface area contributed by atoms with Crippen molar-refractivity contribution in [3.63, 3.8) is 0 Å². The first-order chi connectivity index (χ1) is 9.40. The van der Waals surface area contributed by atoms with E-state index >= 15 is 0 Å². The van der Waals surface area contributed by atoms with Crippen molar-refractivity contribution in [2.24, 2.45) is 0 Å². The van der Waals surface area contributed by atoms with E-state index in [-0.39, 0.29) is 17.5 Å². The van der Waals surface area contributed by atoms with Crippen LogP contribution in [0.3, 0.4) is 0 Å². The number of carbonyl (C=O) groups excluding carboxylic acids is 1. The molecule has 0 unspecified atom stereocenters. The fourth-order valence-electron chi connectivity index (χ4n) is 1.78. The van der Waals surface area contributed by atoms with Crippen molar-refractivity contribution < 1.29 is 9.53 Å². The van der Waals surface area contributed by atoms with E-state index in [1.165, 1.54) is 0 Å². The Labute approximate surface area is 121 Å². The minimum absolute atomic E-state index is 0.0837. The summed E-state index contributed by atoms with van der Waals surface area (Å²) in [4.78, 5) is 15.9. The number of carbonyl (C=O) groups is 1. The Kier molecular flexibility index (Phi) is 3.69. The number of imidazole rings is 1. The lowest BCUT2D eigenvalue weighted by Crippen LogP contribution is -2.14. The Morgan fingerprint density at radius 3 is 2.85 bits per heavy atom. The number of pyridine rings is 1. The van der Waals surface area contributed by atoms with Crippen molar-refractivity contribution in [1.29, 1.82) is 5.26 Å². The second-order valence-corrected chi connectivity index (χ2v) is 5.21. The summed E-state index contributed by atoms with van der Waals surface area (Å²) in [5, 5.41) is 9.36. The number of halogens is 1. The molecule has 0 bridgehead atoms. The molecule has 0 amide bonds. The number of nitrogens with zero attached hydrogens (tertiary/aromatic N) is 3. The molecule has 0 aliphatic heterocycles. The van der Waals surface area contributed by atoms with Crippen molar-refractivity contribution in [3.05, 3.63) is 34.7 Å². The highest BCUT2D eigenvalue weighted by Crippen LogP contribution is 2.26. The van der Waals surface area contributed by atoms with Gasteiger partial charge in [-0.15, -0.1) is 0 Å².